The third-order valence-electron chi connectivity index (χ3n) is 12.1. The first-order valence-corrected chi connectivity index (χ1v) is 26.2. The van der Waals surface area contributed by atoms with E-state index in [-0.39, 0.29) is 0 Å². The van der Waals surface area contributed by atoms with Crippen molar-refractivity contribution in [2.24, 2.45) is 11.5 Å². The van der Waals surface area contributed by atoms with Crippen molar-refractivity contribution in [3.8, 4) is 0 Å². The second kappa shape index (κ2) is 25.5. The van der Waals surface area contributed by atoms with Gasteiger partial charge < -0.3 is 155 Å². The maximum atomic E-state index is 13.2. The van der Waals surface area contributed by atoms with E-state index in [1.54, 1.807) is 0 Å². The summed E-state index contributed by atoms with van der Waals surface area (Å²) in [7, 11) is -17.4. The number of aliphatic carboxylic acids is 1. The van der Waals surface area contributed by atoms with E-state index in [1.807, 2.05) is 0 Å². The fraction of sp³-hybridized carbons (Fsp3) is 0.970. The monoisotopic (exact) mass is 1150 g/mol. The van der Waals surface area contributed by atoms with Gasteiger partial charge in [-0.15, -0.1) is 0 Å². The lowest BCUT2D eigenvalue weighted by molar-refractivity contribution is -0.373. The average molecular weight is 1150 g/mol. The molecule has 0 bridgehead atoms. The van der Waals surface area contributed by atoms with Crippen molar-refractivity contribution >= 4 is 29.4 Å². The van der Waals surface area contributed by atoms with Gasteiger partial charge in [-0.2, -0.15) is 0 Å². The molecule has 0 unspecified atom stereocenters. The third kappa shape index (κ3) is 15.4. The number of nitrogens with two attached hydrogens (primary N) is 2. The van der Waals surface area contributed by atoms with Crippen LogP contribution in [0.5, 0.6) is 0 Å². The fourth-order valence-electron chi connectivity index (χ4n) is 8.31. The molecule has 0 aliphatic carbocycles. The predicted molar refractivity (Wildman–Crippen MR) is 220 cm³/mol. The number of carboxylic acids is 1. The lowest BCUT2D eigenvalue weighted by Gasteiger charge is -2.50. The molecule has 0 aromatic rings. The Hall–Kier alpha value is -1.16. The molecule has 74 heavy (non-hydrogen) atoms. The quantitative estimate of drug-likeness (QED) is 0.0448. The van der Waals surface area contributed by atoms with Gasteiger partial charge in [0.15, 0.2) is 25.2 Å². The van der Waals surface area contributed by atoms with Crippen LogP contribution in [0.1, 0.15) is 6.42 Å². The van der Waals surface area contributed by atoms with E-state index in [1.165, 1.54) is 0 Å². The first-order valence-electron chi connectivity index (χ1n) is 21.6. The predicted octanol–water partition coefficient (Wildman–Crippen LogP) is -12.4. The van der Waals surface area contributed by atoms with Crippen molar-refractivity contribution in [3.63, 3.8) is 0 Å². The van der Waals surface area contributed by atoms with Crippen molar-refractivity contribution in [1.29, 1.82) is 0 Å². The third-order valence-corrected chi connectivity index (χ3v) is 13.7. The van der Waals surface area contributed by atoms with Crippen LogP contribution in [-0.2, 0) is 74.7 Å². The molecule has 26 atom stereocenters. The second-order valence-electron chi connectivity index (χ2n) is 17.4. The van der Waals surface area contributed by atoms with Gasteiger partial charge in [-0.1, -0.05) is 0 Å². The van der Waals surface area contributed by atoms with E-state index in [2.05, 4.69) is 9.05 Å². The summed E-state index contributed by atoms with van der Waals surface area (Å²) in [5, 5.41) is 147. The summed E-state index contributed by atoms with van der Waals surface area (Å²) in [5.41, 5.74) is 11.6. The number of phosphoric ester groups is 3. The normalized spacial score (nSPS) is 44.7. The zero-order valence-corrected chi connectivity index (χ0v) is 40.3. The molecule has 0 saturated carbocycles. The summed E-state index contributed by atoms with van der Waals surface area (Å²) >= 11 is 0. The SMILES string of the molecule is N[C@@H]1[C@@H](O)[C@H](O)[C@@H](CO[C@@H]2O[C@H](CO[C@]3(C(=O)O)C[C@@H](OP(=O)(O)O)[C@@H](O[C@H]4O[C@H]([C@@H](O)CO[C@@H]5O[C@H](CO)[C@H](O)[C@H](O)[C@H]5O)[C@@H](O)[C@H](OP(=O)(O)O)[C@@H]4O)[C@@H]([C@H](O)CO)O3)[C@@H](OP(=O)(O)O)[C@H](O)[C@H]2N)O[C@@H]1O. The molecule has 0 radical (unpaired) electrons. The number of phosphoric acid groups is 3. The van der Waals surface area contributed by atoms with Crippen molar-refractivity contribution in [2.45, 2.75) is 165 Å². The summed E-state index contributed by atoms with van der Waals surface area (Å²) in [6.07, 6.45) is -51.8. The minimum Gasteiger partial charge on any atom is -0.477 e. The Morgan fingerprint density at radius 3 is 1.73 bits per heavy atom. The van der Waals surface area contributed by atoms with Gasteiger partial charge in [-0.3, -0.25) is 13.6 Å². The standard InChI is InChI=1S/C33H61N2O36P3/c34-13-17(42)16(41)11(63-28(13)48)5-61-29-14(35)18(43)25(70-73(54,55)56)12(65-29)6-62-33(32(49)50)1-9(69-72(51,52)53)26(24(68-33)7(38)2-36)67-31-22(47)27(71-74(57,58)59)21(46)23(66-31)8(39)4-60-30-20(45)19(44)15(40)10(3-37)64-30/h7-31,36-48H,1-6,34-35H2,(H,49,50)(H2,51,52,53)(H2,54,55,56)(H2,57,58,59)/t7-,8+,9-,10-,11-,12-,13-,14-,15+,16-,17-,18-,19+,20-,21-,22+,23-,24-,25-,26-,27+,28+,29-,30-,31-,33-/m1/s1. The van der Waals surface area contributed by atoms with Crippen molar-refractivity contribution in [3.05, 3.63) is 0 Å². The van der Waals surface area contributed by atoms with Gasteiger partial charge in [0.1, 0.15) is 116 Å². The highest BCUT2D eigenvalue weighted by Gasteiger charge is 2.61. The lowest BCUT2D eigenvalue weighted by Crippen LogP contribution is -2.68. The second-order valence-corrected chi connectivity index (χ2v) is 21.0. The molecular formula is C33H61N2O36P3. The van der Waals surface area contributed by atoms with Crippen LogP contribution in [0.4, 0.5) is 0 Å². The van der Waals surface area contributed by atoms with Crippen LogP contribution in [0.25, 0.3) is 0 Å². The first-order chi connectivity index (χ1) is 34.1. The number of carboxylic acid groups (broad SMARTS) is 1. The van der Waals surface area contributed by atoms with E-state index in [4.69, 9.17) is 58.6 Å². The topological polar surface area (TPSA) is 636 Å². The van der Waals surface area contributed by atoms with Crippen LogP contribution >= 0.6 is 23.5 Å². The molecule has 0 aromatic carbocycles. The summed E-state index contributed by atoms with van der Waals surface area (Å²) < 4.78 is 99.4. The Balaban J connectivity index is 1.44. The van der Waals surface area contributed by atoms with Crippen LogP contribution in [0.2, 0.25) is 0 Å². The van der Waals surface area contributed by atoms with Crippen LogP contribution in [-0.4, -0.2) is 299 Å². The molecule has 5 aliphatic rings. The number of carbonyl (C=O) groups is 1. The smallest absolute Gasteiger partial charge is 0.470 e. The molecule has 5 saturated heterocycles. The van der Waals surface area contributed by atoms with E-state index in [0.717, 1.165) is 0 Å². The minimum atomic E-state index is -5.95. The van der Waals surface area contributed by atoms with Gasteiger partial charge in [0, 0.05) is 6.42 Å². The van der Waals surface area contributed by atoms with Gasteiger partial charge in [0.25, 0.3) is 5.79 Å². The van der Waals surface area contributed by atoms with Gasteiger partial charge in [0.2, 0.25) is 0 Å². The molecule has 5 fully saturated rings. The van der Waals surface area contributed by atoms with Crippen LogP contribution in [0.15, 0.2) is 0 Å². The van der Waals surface area contributed by atoms with E-state index >= 15 is 0 Å². The first kappa shape index (κ1) is 63.7. The van der Waals surface area contributed by atoms with Crippen molar-refractivity contribution in [1.82, 2.24) is 0 Å². The summed E-state index contributed by atoms with van der Waals surface area (Å²) in [6, 6.07) is -3.33. The zero-order chi connectivity index (χ0) is 55.7. The number of rotatable bonds is 22. The van der Waals surface area contributed by atoms with Crippen molar-refractivity contribution in [2.75, 3.05) is 33.0 Å². The van der Waals surface area contributed by atoms with E-state index in [0.29, 0.717) is 0 Å². The van der Waals surface area contributed by atoms with Gasteiger partial charge in [-0.25, -0.2) is 18.5 Å². The number of hydrogen-bond acceptors (Lipinski definition) is 31. The molecule has 41 heteroatoms. The Morgan fingerprint density at radius 2 is 1.16 bits per heavy atom. The van der Waals surface area contributed by atoms with Crippen LogP contribution in [0, 0.1) is 0 Å². The largest absolute Gasteiger partial charge is 0.477 e. The van der Waals surface area contributed by atoms with Gasteiger partial charge in [0.05, 0.1) is 45.1 Å². The Labute approximate surface area is 414 Å². The highest BCUT2D eigenvalue weighted by atomic mass is 31.2. The minimum absolute atomic E-state index is 0.837. The Kier molecular flexibility index (Phi) is 22.0. The summed E-state index contributed by atoms with van der Waals surface area (Å²) in [6.45, 7) is -5.79. The number of ether oxygens (including phenoxy) is 9. The number of hydrogen-bond donors (Lipinski definition) is 22. The van der Waals surface area contributed by atoms with Gasteiger partial charge in [-0.05, 0) is 0 Å². The zero-order valence-electron chi connectivity index (χ0n) is 37.6. The van der Waals surface area contributed by atoms with E-state index in [9.17, 15) is 119 Å². The lowest BCUT2D eigenvalue weighted by atomic mass is 9.91. The average Bonchev–Trinajstić information content (AvgIpc) is 3.30. The molecule has 38 nitrogen and oxygen atoms in total. The Bertz CT molecular complexity index is 1970. The summed E-state index contributed by atoms with van der Waals surface area (Å²) in [5.74, 6) is -5.75. The molecule has 5 heterocycles. The van der Waals surface area contributed by atoms with Crippen LogP contribution < -0.4 is 11.5 Å². The highest BCUT2D eigenvalue weighted by molar-refractivity contribution is 7.46. The highest BCUT2D eigenvalue weighted by Crippen LogP contribution is 2.48. The van der Waals surface area contributed by atoms with Crippen molar-refractivity contribution < 1.29 is 176 Å². The molecule has 5 rings (SSSR count). The molecular weight excluding hydrogens is 1090 g/mol. The van der Waals surface area contributed by atoms with Crippen LogP contribution in [0.3, 0.4) is 0 Å². The molecule has 0 aromatic heterocycles. The van der Waals surface area contributed by atoms with Gasteiger partial charge >= 0.3 is 29.4 Å². The maximum Gasteiger partial charge on any atom is 0.470 e. The number of aliphatic hydroxyl groups is 13. The molecule has 0 spiro atoms. The molecule has 24 N–H and O–H groups in total. The number of aliphatic hydroxyl groups excluding tert-OH is 13. The molecule has 434 valence electrons. The summed E-state index contributed by atoms with van der Waals surface area (Å²) in [4.78, 5) is 71.8. The maximum absolute atomic E-state index is 13.2. The van der Waals surface area contributed by atoms with E-state index < -0.39 is 228 Å². The molecule has 5 aliphatic heterocycles. The Morgan fingerprint density at radius 1 is 0.581 bits per heavy atom. The fourth-order valence-corrected chi connectivity index (χ4v) is 10.00. The molecule has 0 amide bonds.